The van der Waals surface area contributed by atoms with Crippen LogP contribution in [-0.4, -0.2) is 9.78 Å². The molecule has 19 heavy (non-hydrogen) atoms. The fraction of sp³-hybridized carbons (Fsp3) is 0.438. The zero-order chi connectivity index (χ0) is 14.2. The first-order valence-corrected chi connectivity index (χ1v) is 6.74. The van der Waals surface area contributed by atoms with Gasteiger partial charge in [0.1, 0.15) is 0 Å². The van der Waals surface area contributed by atoms with Gasteiger partial charge in [-0.25, -0.2) is 0 Å². The molecule has 2 aromatic rings. The first-order valence-electron chi connectivity index (χ1n) is 6.74. The maximum Gasteiger partial charge on any atom is 0.0828 e. The lowest BCUT2D eigenvalue weighted by atomic mass is 10.00. The largest absolute Gasteiger partial charge is 0.376 e. The topological polar surface area (TPSA) is 29.9 Å². The van der Waals surface area contributed by atoms with E-state index in [1.54, 1.807) is 0 Å². The Labute approximate surface area is 115 Å². The van der Waals surface area contributed by atoms with Gasteiger partial charge in [0.2, 0.25) is 0 Å². The maximum absolute atomic E-state index is 4.45. The Morgan fingerprint density at radius 1 is 1.16 bits per heavy atom. The van der Waals surface area contributed by atoms with Gasteiger partial charge < -0.3 is 5.32 Å². The van der Waals surface area contributed by atoms with Crippen molar-refractivity contribution in [2.75, 3.05) is 5.32 Å². The van der Waals surface area contributed by atoms with Crippen LogP contribution < -0.4 is 5.32 Å². The molecule has 0 fully saturated rings. The van der Waals surface area contributed by atoms with Gasteiger partial charge in [-0.1, -0.05) is 23.8 Å². The summed E-state index contributed by atoms with van der Waals surface area (Å²) < 4.78 is 1.92. The first-order chi connectivity index (χ1) is 8.90. The van der Waals surface area contributed by atoms with Crippen LogP contribution in [0.4, 0.5) is 5.69 Å². The van der Waals surface area contributed by atoms with Crippen LogP contribution in [0.2, 0.25) is 0 Å². The summed E-state index contributed by atoms with van der Waals surface area (Å²) in [5.41, 5.74) is 7.35. The van der Waals surface area contributed by atoms with Crippen LogP contribution in [0.25, 0.3) is 0 Å². The van der Waals surface area contributed by atoms with Crippen molar-refractivity contribution in [3.63, 3.8) is 0 Å². The molecule has 1 N–H and O–H groups in total. The molecule has 0 bridgehead atoms. The van der Waals surface area contributed by atoms with Gasteiger partial charge in [0, 0.05) is 13.1 Å². The summed E-state index contributed by atoms with van der Waals surface area (Å²) in [6.45, 7) is 10.6. The Morgan fingerprint density at radius 3 is 2.42 bits per heavy atom. The number of anilines is 1. The van der Waals surface area contributed by atoms with Crippen LogP contribution in [0, 0.1) is 27.7 Å². The molecule has 1 heterocycles. The van der Waals surface area contributed by atoms with Crippen LogP contribution in [0.5, 0.6) is 0 Å². The molecule has 102 valence electrons. The number of nitrogens with one attached hydrogen (secondary N) is 1. The van der Waals surface area contributed by atoms with Crippen molar-refractivity contribution >= 4 is 5.69 Å². The minimum absolute atomic E-state index is 0.279. The van der Waals surface area contributed by atoms with E-state index in [1.807, 2.05) is 18.7 Å². The molecule has 0 saturated heterocycles. The third-order valence-corrected chi connectivity index (χ3v) is 3.77. The van der Waals surface area contributed by atoms with Gasteiger partial charge in [0.25, 0.3) is 0 Å². The van der Waals surface area contributed by atoms with E-state index in [9.17, 15) is 0 Å². The predicted molar refractivity (Wildman–Crippen MR) is 80.6 cm³/mol. The number of benzene rings is 1. The number of aromatic nitrogens is 2. The molecule has 1 unspecified atom stereocenters. The molecule has 0 aliphatic heterocycles. The minimum atomic E-state index is 0.279. The highest BCUT2D eigenvalue weighted by Gasteiger charge is 2.14. The summed E-state index contributed by atoms with van der Waals surface area (Å²) in [4.78, 5) is 0. The normalized spacial score (nSPS) is 12.5. The molecule has 0 amide bonds. The summed E-state index contributed by atoms with van der Waals surface area (Å²) in [6, 6.07) is 6.88. The summed E-state index contributed by atoms with van der Waals surface area (Å²) in [6.07, 6.45) is 0. The van der Waals surface area contributed by atoms with Crippen LogP contribution in [0.1, 0.15) is 41.0 Å². The molecule has 0 aliphatic rings. The summed E-state index contributed by atoms with van der Waals surface area (Å²) in [5, 5.41) is 8.05. The van der Waals surface area contributed by atoms with Crippen LogP contribution in [0.15, 0.2) is 18.2 Å². The van der Waals surface area contributed by atoms with Crippen molar-refractivity contribution in [1.82, 2.24) is 9.78 Å². The SMILES string of the molecule is Cc1ccc(C)c(C(C)Nc2c(C)nn(C)c2C)c1. The monoisotopic (exact) mass is 257 g/mol. The summed E-state index contributed by atoms with van der Waals surface area (Å²) in [5.74, 6) is 0. The van der Waals surface area contributed by atoms with Crippen LogP contribution >= 0.6 is 0 Å². The van der Waals surface area contributed by atoms with E-state index in [-0.39, 0.29) is 6.04 Å². The van der Waals surface area contributed by atoms with E-state index in [0.29, 0.717) is 0 Å². The van der Waals surface area contributed by atoms with Gasteiger partial charge in [0.15, 0.2) is 0 Å². The van der Waals surface area contributed by atoms with E-state index in [4.69, 9.17) is 0 Å². The lowest BCUT2D eigenvalue weighted by molar-refractivity contribution is 0.731. The highest BCUT2D eigenvalue weighted by Crippen LogP contribution is 2.26. The Balaban J connectivity index is 2.30. The van der Waals surface area contributed by atoms with Gasteiger partial charge in [-0.2, -0.15) is 5.10 Å². The van der Waals surface area contributed by atoms with E-state index in [0.717, 1.165) is 11.4 Å². The molecule has 0 saturated carbocycles. The van der Waals surface area contributed by atoms with Gasteiger partial charge in [-0.3, -0.25) is 4.68 Å². The molecule has 3 nitrogen and oxygen atoms in total. The van der Waals surface area contributed by atoms with E-state index >= 15 is 0 Å². The van der Waals surface area contributed by atoms with Gasteiger partial charge in [-0.15, -0.1) is 0 Å². The van der Waals surface area contributed by atoms with Crippen molar-refractivity contribution in [3.8, 4) is 0 Å². The number of nitrogens with zero attached hydrogens (tertiary/aromatic N) is 2. The van der Waals surface area contributed by atoms with Crippen LogP contribution in [-0.2, 0) is 7.05 Å². The zero-order valence-corrected chi connectivity index (χ0v) is 12.7. The first kappa shape index (κ1) is 13.7. The smallest absolute Gasteiger partial charge is 0.0828 e. The van der Waals surface area contributed by atoms with Crippen LogP contribution in [0.3, 0.4) is 0 Å². The molecule has 0 spiro atoms. The second-order valence-corrected chi connectivity index (χ2v) is 5.40. The van der Waals surface area contributed by atoms with E-state index in [2.05, 4.69) is 56.3 Å². The third-order valence-electron chi connectivity index (χ3n) is 3.77. The molecule has 1 aromatic heterocycles. The molecule has 2 rings (SSSR count). The third kappa shape index (κ3) is 2.65. The second kappa shape index (κ2) is 5.08. The summed E-state index contributed by atoms with van der Waals surface area (Å²) in [7, 11) is 1.98. The van der Waals surface area contributed by atoms with Crippen molar-refractivity contribution in [2.45, 2.75) is 40.7 Å². The Kier molecular flexibility index (Phi) is 3.65. The molecule has 3 heteroatoms. The quantitative estimate of drug-likeness (QED) is 0.905. The number of hydrogen-bond acceptors (Lipinski definition) is 2. The number of hydrogen-bond donors (Lipinski definition) is 1. The maximum atomic E-state index is 4.45. The second-order valence-electron chi connectivity index (χ2n) is 5.40. The van der Waals surface area contributed by atoms with Gasteiger partial charge >= 0.3 is 0 Å². The molecule has 1 atom stereocenters. The molecule has 0 radical (unpaired) electrons. The number of rotatable bonds is 3. The van der Waals surface area contributed by atoms with Gasteiger partial charge in [0.05, 0.1) is 17.1 Å². The Hall–Kier alpha value is -1.77. The fourth-order valence-electron chi connectivity index (χ4n) is 2.50. The fourth-order valence-corrected chi connectivity index (χ4v) is 2.50. The van der Waals surface area contributed by atoms with Crippen molar-refractivity contribution in [3.05, 3.63) is 46.3 Å². The molecule has 1 aromatic carbocycles. The standard InChI is InChI=1S/C16H23N3/c1-10-7-8-11(2)15(9-10)12(3)17-16-13(4)18-19(6)14(16)5/h7-9,12,17H,1-6H3. The van der Waals surface area contributed by atoms with E-state index in [1.165, 1.54) is 22.4 Å². The van der Waals surface area contributed by atoms with Crippen molar-refractivity contribution in [2.24, 2.45) is 7.05 Å². The average Bonchev–Trinajstić information content (AvgIpc) is 2.59. The lowest BCUT2D eigenvalue weighted by Crippen LogP contribution is -2.10. The predicted octanol–water partition coefficient (Wildman–Crippen LogP) is 3.83. The molecule has 0 aliphatic carbocycles. The highest BCUT2D eigenvalue weighted by molar-refractivity contribution is 5.54. The number of aryl methyl sites for hydroxylation is 4. The molecular formula is C16H23N3. The highest BCUT2D eigenvalue weighted by atomic mass is 15.3. The lowest BCUT2D eigenvalue weighted by Gasteiger charge is -2.18. The Bertz CT molecular complexity index is 596. The molecular weight excluding hydrogens is 234 g/mol. The van der Waals surface area contributed by atoms with Crippen molar-refractivity contribution in [1.29, 1.82) is 0 Å². The van der Waals surface area contributed by atoms with E-state index < -0.39 is 0 Å². The van der Waals surface area contributed by atoms with Crippen molar-refractivity contribution < 1.29 is 0 Å². The van der Waals surface area contributed by atoms with Gasteiger partial charge in [-0.05, 0) is 45.7 Å². The minimum Gasteiger partial charge on any atom is -0.376 e. The zero-order valence-electron chi connectivity index (χ0n) is 12.7. The average molecular weight is 257 g/mol. The Morgan fingerprint density at radius 2 is 1.84 bits per heavy atom. The summed E-state index contributed by atoms with van der Waals surface area (Å²) >= 11 is 0.